The smallest absolute Gasteiger partial charge is 0.223 e. The monoisotopic (exact) mass is 306 g/mol. The molecule has 0 amide bonds. The van der Waals surface area contributed by atoms with E-state index in [1.165, 1.54) is 6.07 Å². The predicted octanol–water partition coefficient (Wildman–Crippen LogP) is 3.37. The van der Waals surface area contributed by atoms with Crippen molar-refractivity contribution in [2.45, 2.75) is 19.4 Å². The summed E-state index contributed by atoms with van der Waals surface area (Å²) in [5, 5.41) is -0.0783. The highest BCUT2D eigenvalue weighted by Gasteiger charge is 2.20. The zero-order chi connectivity index (χ0) is 14.6. The van der Waals surface area contributed by atoms with Crippen molar-refractivity contribution >= 4 is 22.6 Å². The van der Waals surface area contributed by atoms with Crippen molar-refractivity contribution in [3.8, 4) is 11.3 Å². The fourth-order valence-corrected chi connectivity index (χ4v) is 2.88. The van der Waals surface area contributed by atoms with E-state index < -0.39 is 11.6 Å². The van der Waals surface area contributed by atoms with Gasteiger partial charge in [0, 0.05) is 18.5 Å². The second-order valence-corrected chi connectivity index (χ2v) is 5.28. The Bertz CT molecular complexity index is 875. The van der Waals surface area contributed by atoms with Gasteiger partial charge < -0.3 is 4.57 Å². The summed E-state index contributed by atoms with van der Waals surface area (Å²) in [7, 11) is 0. The average Bonchev–Trinajstić information content (AvgIpc) is 3.03. The lowest BCUT2D eigenvalue weighted by Gasteiger charge is -2.05. The van der Waals surface area contributed by atoms with Gasteiger partial charge in [-0.2, -0.15) is 0 Å². The van der Waals surface area contributed by atoms with Gasteiger partial charge in [0.1, 0.15) is 17.0 Å². The molecule has 0 aliphatic carbocycles. The molecule has 0 unspecified atom stereocenters. The molecule has 3 aromatic rings. The first kappa shape index (κ1) is 12.6. The van der Waals surface area contributed by atoms with Gasteiger partial charge in [0.05, 0.1) is 11.7 Å². The minimum Gasteiger partial charge on any atom is -0.328 e. The van der Waals surface area contributed by atoms with Crippen LogP contribution in [-0.4, -0.2) is 19.5 Å². The summed E-state index contributed by atoms with van der Waals surface area (Å²) in [5.41, 5.74) is 1.29. The third-order valence-electron chi connectivity index (χ3n) is 3.66. The van der Waals surface area contributed by atoms with Gasteiger partial charge >= 0.3 is 0 Å². The summed E-state index contributed by atoms with van der Waals surface area (Å²) in [4.78, 5) is 11.7. The van der Waals surface area contributed by atoms with Gasteiger partial charge in [-0.05, 0) is 30.2 Å². The minimum atomic E-state index is -0.640. The van der Waals surface area contributed by atoms with Crippen LogP contribution in [0.25, 0.3) is 22.3 Å². The van der Waals surface area contributed by atoms with E-state index in [0.29, 0.717) is 16.6 Å². The number of halogens is 3. The summed E-state index contributed by atoms with van der Waals surface area (Å²) >= 11 is 5.70. The quantitative estimate of drug-likeness (QED) is 0.647. The van der Waals surface area contributed by atoms with Crippen LogP contribution in [0.15, 0.2) is 18.3 Å². The molecule has 4 rings (SSSR count). The maximum absolute atomic E-state index is 14.2. The molecule has 0 N–H and O–H groups in total. The molecule has 1 aromatic carbocycles. The Morgan fingerprint density at radius 1 is 1.14 bits per heavy atom. The molecule has 0 saturated heterocycles. The highest BCUT2D eigenvalue weighted by Crippen LogP contribution is 2.30. The molecule has 21 heavy (non-hydrogen) atoms. The molecule has 106 valence electrons. The zero-order valence-electron chi connectivity index (χ0n) is 10.8. The first-order valence-electron chi connectivity index (χ1n) is 6.50. The van der Waals surface area contributed by atoms with E-state index in [-0.39, 0.29) is 11.0 Å². The SMILES string of the molecule is Fc1cnc(Cl)nc1-c1cc(F)c2nc3n(c2c1)CCC3. The maximum atomic E-state index is 14.2. The van der Waals surface area contributed by atoms with Crippen LogP contribution < -0.4 is 0 Å². The third kappa shape index (κ3) is 1.90. The van der Waals surface area contributed by atoms with Crippen molar-refractivity contribution in [1.29, 1.82) is 0 Å². The summed E-state index contributed by atoms with van der Waals surface area (Å²) in [6.07, 6.45) is 2.79. The molecule has 1 aliphatic heterocycles. The summed E-state index contributed by atoms with van der Waals surface area (Å²) < 4.78 is 30.1. The number of hydrogen-bond acceptors (Lipinski definition) is 3. The predicted molar refractivity (Wildman–Crippen MR) is 74.0 cm³/mol. The molecule has 0 atom stereocenters. The Morgan fingerprint density at radius 2 is 2.00 bits per heavy atom. The minimum absolute atomic E-state index is 0.00986. The van der Waals surface area contributed by atoms with E-state index in [1.807, 2.05) is 4.57 Å². The first-order chi connectivity index (χ1) is 10.1. The lowest BCUT2D eigenvalue weighted by molar-refractivity contribution is 0.616. The second kappa shape index (κ2) is 4.46. The first-order valence-corrected chi connectivity index (χ1v) is 6.88. The zero-order valence-corrected chi connectivity index (χ0v) is 11.5. The van der Waals surface area contributed by atoms with Crippen molar-refractivity contribution in [3.63, 3.8) is 0 Å². The van der Waals surface area contributed by atoms with Gasteiger partial charge in [-0.1, -0.05) is 0 Å². The highest BCUT2D eigenvalue weighted by atomic mass is 35.5. The fraction of sp³-hybridized carbons (Fsp3) is 0.214. The van der Waals surface area contributed by atoms with Crippen LogP contribution in [0.2, 0.25) is 5.28 Å². The number of rotatable bonds is 1. The van der Waals surface area contributed by atoms with Crippen molar-refractivity contribution in [2.24, 2.45) is 0 Å². The topological polar surface area (TPSA) is 43.6 Å². The summed E-state index contributed by atoms with van der Waals surface area (Å²) in [6.45, 7) is 0.793. The van der Waals surface area contributed by atoms with Gasteiger partial charge in [0.15, 0.2) is 11.6 Å². The van der Waals surface area contributed by atoms with Crippen LogP contribution >= 0.6 is 11.6 Å². The highest BCUT2D eigenvalue weighted by molar-refractivity contribution is 6.28. The molecule has 0 spiro atoms. The molecule has 1 aliphatic rings. The van der Waals surface area contributed by atoms with Gasteiger partial charge in [-0.25, -0.2) is 23.7 Å². The Balaban J connectivity index is 2.00. The van der Waals surface area contributed by atoms with E-state index in [0.717, 1.165) is 31.4 Å². The van der Waals surface area contributed by atoms with Crippen LogP contribution in [0.1, 0.15) is 12.2 Å². The summed E-state index contributed by atoms with van der Waals surface area (Å²) in [6, 6.07) is 2.93. The van der Waals surface area contributed by atoms with Crippen molar-refractivity contribution in [3.05, 3.63) is 41.1 Å². The maximum Gasteiger partial charge on any atom is 0.223 e. The van der Waals surface area contributed by atoms with Gasteiger partial charge in [-0.15, -0.1) is 0 Å². The van der Waals surface area contributed by atoms with Crippen molar-refractivity contribution in [2.75, 3.05) is 0 Å². The average molecular weight is 307 g/mol. The Kier molecular flexibility index (Phi) is 2.68. The molecular weight excluding hydrogens is 298 g/mol. The molecule has 2 aromatic heterocycles. The van der Waals surface area contributed by atoms with E-state index in [2.05, 4.69) is 15.0 Å². The number of benzene rings is 1. The van der Waals surface area contributed by atoms with Crippen molar-refractivity contribution in [1.82, 2.24) is 19.5 Å². The summed E-state index contributed by atoms with van der Waals surface area (Å²) in [5.74, 6) is -0.264. The number of aryl methyl sites for hydroxylation is 2. The van der Waals surface area contributed by atoms with Crippen LogP contribution in [-0.2, 0) is 13.0 Å². The molecular formula is C14H9ClF2N4. The van der Waals surface area contributed by atoms with E-state index in [1.54, 1.807) is 6.07 Å². The number of nitrogens with zero attached hydrogens (tertiary/aromatic N) is 4. The second-order valence-electron chi connectivity index (χ2n) is 4.94. The number of hydrogen-bond donors (Lipinski definition) is 0. The molecule has 0 fully saturated rings. The van der Waals surface area contributed by atoms with E-state index >= 15 is 0 Å². The Labute approximate surface area is 123 Å². The van der Waals surface area contributed by atoms with Crippen LogP contribution in [0.3, 0.4) is 0 Å². The number of imidazole rings is 1. The van der Waals surface area contributed by atoms with Crippen LogP contribution in [0.5, 0.6) is 0 Å². The van der Waals surface area contributed by atoms with Gasteiger partial charge in [-0.3, -0.25) is 0 Å². The fourth-order valence-electron chi connectivity index (χ4n) is 2.75. The van der Waals surface area contributed by atoms with Gasteiger partial charge in [0.25, 0.3) is 0 Å². The largest absolute Gasteiger partial charge is 0.328 e. The van der Waals surface area contributed by atoms with E-state index in [9.17, 15) is 8.78 Å². The van der Waals surface area contributed by atoms with Crippen LogP contribution in [0, 0.1) is 11.6 Å². The van der Waals surface area contributed by atoms with Crippen molar-refractivity contribution < 1.29 is 8.78 Å². The molecule has 7 heteroatoms. The molecule has 4 nitrogen and oxygen atoms in total. The number of fused-ring (bicyclic) bond motifs is 3. The molecule has 3 heterocycles. The standard InChI is InChI=1S/C14H9ClF2N4/c15-14-18-6-9(17)12(20-14)7-4-8(16)13-10(5-7)21-3-1-2-11(21)19-13/h4-6H,1-3H2. The Morgan fingerprint density at radius 3 is 2.86 bits per heavy atom. The van der Waals surface area contributed by atoms with Gasteiger partial charge in [0.2, 0.25) is 5.28 Å². The molecule has 0 saturated carbocycles. The Hall–Kier alpha value is -2.08. The normalized spacial score (nSPS) is 13.9. The third-order valence-corrected chi connectivity index (χ3v) is 3.84. The number of aromatic nitrogens is 4. The lowest BCUT2D eigenvalue weighted by atomic mass is 10.1. The van der Waals surface area contributed by atoms with E-state index in [4.69, 9.17) is 11.6 Å². The molecule has 0 radical (unpaired) electrons. The molecule has 0 bridgehead atoms. The lowest BCUT2D eigenvalue weighted by Crippen LogP contribution is -1.96. The van der Waals surface area contributed by atoms with Crippen LogP contribution in [0.4, 0.5) is 8.78 Å².